The van der Waals surface area contributed by atoms with Gasteiger partial charge in [-0.1, -0.05) is 30.3 Å². The van der Waals surface area contributed by atoms with E-state index in [2.05, 4.69) is 15.4 Å². The van der Waals surface area contributed by atoms with Gasteiger partial charge in [0.2, 0.25) is 0 Å². The van der Waals surface area contributed by atoms with Crippen LogP contribution in [-0.4, -0.2) is 20.7 Å². The summed E-state index contributed by atoms with van der Waals surface area (Å²) in [7, 11) is 0. The number of aromatic nitrogens is 3. The molecule has 132 valence electrons. The summed E-state index contributed by atoms with van der Waals surface area (Å²) in [6.45, 7) is 0. The number of pyridine rings is 1. The first kappa shape index (κ1) is 16.7. The van der Waals surface area contributed by atoms with Crippen molar-refractivity contribution in [1.29, 1.82) is 0 Å². The smallest absolute Gasteiger partial charge is 0.276 e. The van der Waals surface area contributed by atoms with Crippen molar-refractivity contribution in [3.05, 3.63) is 96.7 Å². The van der Waals surface area contributed by atoms with Gasteiger partial charge in [0.1, 0.15) is 5.82 Å². The molecule has 4 rings (SSSR count). The highest BCUT2D eigenvalue weighted by atomic mass is 19.1. The number of rotatable bonds is 4. The maximum absolute atomic E-state index is 13.8. The van der Waals surface area contributed by atoms with E-state index in [1.165, 1.54) is 12.1 Å². The minimum absolute atomic E-state index is 0.113. The molecule has 2 heterocycles. The molecule has 27 heavy (non-hydrogen) atoms. The van der Waals surface area contributed by atoms with Gasteiger partial charge < -0.3 is 5.32 Å². The third kappa shape index (κ3) is 3.46. The first-order valence-electron chi connectivity index (χ1n) is 8.34. The molecular weight excluding hydrogens is 343 g/mol. The molecule has 0 unspecified atom stereocenters. The number of halogens is 1. The Labute approximate surface area is 155 Å². The van der Waals surface area contributed by atoms with Gasteiger partial charge in [0, 0.05) is 18.0 Å². The van der Waals surface area contributed by atoms with Crippen molar-refractivity contribution in [2.24, 2.45) is 0 Å². The second-order valence-corrected chi connectivity index (χ2v) is 5.83. The molecule has 1 N–H and O–H groups in total. The third-order valence-corrected chi connectivity index (χ3v) is 4.04. The molecule has 6 heteroatoms. The molecular formula is C21H15FN4O. The van der Waals surface area contributed by atoms with Gasteiger partial charge in [-0.05, 0) is 42.5 Å². The van der Waals surface area contributed by atoms with Crippen LogP contribution in [0.25, 0.3) is 16.9 Å². The van der Waals surface area contributed by atoms with Gasteiger partial charge in [-0.2, -0.15) is 5.10 Å². The van der Waals surface area contributed by atoms with Crippen molar-refractivity contribution in [3.8, 4) is 16.9 Å². The number of benzene rings is 2. The molecule has 0 aliphatic carbocycles. The molecule has 0 saturated heterocycles. The van der Waals surface area contributed by atoms with Crippen LogP contribution in [-0.2, 0) is 0 Å². The van der Waals surface area contributed by atoms with Gasteiger partial charge in [-0.3, -0.25) is 9.78 Å². The molecule has 0 bridgehead atoms. The molecule has 5 nitrogen and oxygen atoms in total. The van der Waals surface area contributed by atoms with Crippen molar-refractivity contribution in [2.45, 2.75) is 0 Å². The summed E-state index contributed by atoms with van der Waals surface area (Å²) in [5.74, 6) is -0.979. The molecule has 0 fully saturated rings. The number of para-hydroxylation sites is 2. The number of carbonyl (C=O) groups excluding carboxylic acids is 1. The van der Waals surface area contributed by atoms with Gasteiger partial charge in [-0.25, -0.2) is 9.07 Å². The number of nitrogens with one attached hydrogen (secondary N) is 1. The van der Waals surface area contributed by atoms with Gasteiger partial charge in [0.15, 0.2) is 5.69 Å². The maximum Gasteiger partial charge on any atom is 0.276 e. The molecule has 2 aromatic carbocycles. The fourth-order valence-electron chi connectivity index (χ4n) is 2.74. The summed E-state index contributed by atoms with van der Waals surface area (Å²) in [6.07, 6.45) is 3.35. The number of anilines is 1. The van der Waals surface area contributed by atoms with Crippen molar-refractivity contribution in [1.82, 2.24) is 14.8 Å². The number of nitrogens with zero attached hydrogens (tertiary/aromatic N) is 3. The number of hydrogen-bond donors (Lipinski definition) is 1. The van der Waals surface area contributed by atoms with Crippen molar-refractivity contribution in [2.75, 3.05) is 5.32 Å². The SMILES string of the molecule is O=C(Nc1ccccc1F)c1cc(-c2ccncc2)n(-c2ccccc2)n1. The van der Waals surface area contributed by atoms with E-state index in [4.69, 9.17) is 0 Å². The van der Waals surface area contributed by atoms with Crippen molar-refractivity contribution < 1.29 is 9.18 Å². The average molecular weight is 358 g/mol. The van der Waals surface area contributed by atoms with E-state index in [1.54, 1.807) is 35.3 Å². The van der Waals surface area contributed by atoms with E-state index in [0.717, 1.165) is 16.9 Å². The van der Waals surface area contributed by atoms with Crippen LogP contribution in [0.15, 0.2) is 85.2 Å². The normalized spacial score (nSPS) is 10.6. The Morgan fingerprint density at radius 1 is 0.926 bits per heavy atom. The molecule has 0 atom stereocenters. The van der Waals surface area contributed by atoms with Gasteiger partial charge in [0.25, 0.3) is 5.91 Å². The summed E-state index contributed by atoms with van der Waals surface area (Å²) >= 11 is 0. The Kier molecular flexibility index (Phi) is 4.45. The Bertz CT molecular complexity index is 1020. The Hall–Kier alpha value is -3.80. The standard InChI is InChI=1S/C21H15FN4O/c22-17-8-4-5-9-18(17)24-21(27)19-14-20(15-10-12-23-13-11-15)26(25-19)16-6-2-1-3-7-16/h1-14H,(H,24,27). The highest BCUT2D eigenvalue weighted by Gasteiger charge is 2.17. The van der Waals surface area contributed by atoms with E-state index in [9.17, 15) is 9.18 Å². The van der Waals surface area contributed by atoms with Crippen LogP contribution in [0, 0.1) is 5.82 Å². The number of amides is 1. The topological polar surface area (TPSA) is 59.8 Å². The molecule has 4 aromatic rings. The largest absolute Gasteiger partial charge is 0.318 e. The zero-order chi connectivity index (χ0) is 18.6. The Morgan fingerprint density at radius 2 is 1.63 bits per heavy atom. The highest BCUT2D eigenvalue weighted by molar-refractivity contribution is 6.03. The van der Waals surface area contributed by atoms with Crippen LogP contribution in [0.4, 0.5) is 10.1 Å². The van der Waals surface area contributed by atoms with Crippen molar-refractivity contribution >= 4 is 11.6 Å². The van der Waals surface area contributed by atoms with E-state index in [0.29, 0.717) is 0 Å². The van der Waals surface area contributed by atoms with Crippen LogP contribution in [0.3, 0.4) is 0 Å². The summed E-state index contributed by atoms with van der Waals surface area (Å²) in [4.78, 5) is 16.7. The van der Waals surface area contributed by atoms with E-state index >= 15 is 0 Å². The predicted octanol–water partition coefficient (Wildman–Crippen LogP) is 4.33. The molecule has 0 spiro atoms. The summed E-state index contributed by atoms with van der Waals surface area (Å²) in [5.41, 5.74) is 2.72. The van der Waals surface area contributed by atoms with Gasteiger partial charge in [-0.15, -0.1) is 0 Å². The quantitative estimate of drug-likeness (QED) is 0.591. The zero-order valence-corrected chi connectivity index (χ0v) is 14.2. The molecule has 2 aromatic heterocycles. The summed E-state index contributed by atoms with van der Waals surface area (Å²) in [6, 6.07) is 20.9. The number of hydrogen-bond acceptors (Lipinski definition) is 3. The van der Waals surface area contributed by atoms with Crippen LogP contribution < -0.4 is 5.32 Å². The van der Waals surface area contributed by atoms with Crippen molar-refractivity contribution in [3.63, 3.8) is 0 Å². The lowest BCUT2D eigenvalue weighted by Crippen LogP contribution is -2.14. The lowest BCUT2D eigenvalue weighted by molar-refractivity contribution is 0.102. The first-order valence-corrected chi connectivity index (χ1v) is 8.34. The summed E-state index contributed by atoms with van der Waals surface area (Å²) in [5, 5.41) is 7.01. The minimum Gasteiger partial charge on any atom is -0.318 e. The van der Waals surface area contributed by atoms with Gasteiger partial charge >= 0.3 is 0 Å². The molecule has 0 aliphatic heterocycles. The van der Waals surface area contributed by atoms with Crippen LogP contribution in [0.5, 0.6) is 0 Å². The third-order valence-electron chi connectivity index (χ3n) is 4.04. The maximum atomic E-state index is 13.8. The first-order chi connectivity index (χ1) is 13.2. The molecule has 0 radical (unpaired) electrons. The second kappa shape index (κ2) is 7.21. The van der Waals surface area contributed by atoms with Gasteiger partial charge in [0.05, 0.1) is 17.1 Å². The predicted molar refractivity (Wildman–Crippen MR) is 101 cm³/mol. The zero-order valence-electron chi connectivity index (χ0n) is 14.2. The van der Waals surface area contributed by atoms with E-state index in [-0.39, 0.29) is 11.4 Å². The van der Waals surface area contributed by atoms with E-state index in [1.807, 2.05) is 42.5 Å². The summed E-state index contributed by atoms with van der Waals surface area (Å²) < 4.78 is 15.5. The van der Waals surface area contributed by atoms with Crippen LogP contribution in [0.2, 0.25) is 0 Å². The fraction of sp³-hybridized carbons (Fsp3) is 0. The molecule has 0 aliphatic rings. The lowest BCUT2D eigenvalue weighted by atomic mass is 10.2. The average Bonchev–Trinajstić information content (AvgIpc) is 3.17. The van der Waals surface area contributed by atoms with Crippen LogP contribution in [0.1, 0.15) is 10.5 Å². The second-order valence-electron chi connectivity index (χ2n) is 5.83. The Morgan fingerprint density at radius 3 is 2.37 bits per heavy atom. The molecule has 0 saturated carbocycles. The lowest BCUT2D eigenvalue weighted by Gasteiger charge is -2.07. The fourth-order valence-corrected chi connectivity index (χ4v) is 2.74. The highest BCUT2D eigenvalue weighted by Crippen LogP contribution is 2.24. The van der Waals surface area contributed by atoms with E-state index < -0.39 is 11.7 Å². The molecule has 1 amide bonds. The minimum atomic E-state index is -0.498. The monoisotopic (exact) mass is 358 g/mol. The Balaban J connectivity index is 1.75. The number of carbonyl (C=O) groups is 1. The van der Waals surface area contributed by atoms with Crippen LogP contribution >= 0.6 is 0 Å².